The number of pyridine rings is 1. The van der Waals surface area contributed by atoms with Crippen molar-refractivity contribution in [3.8, 4) is 0 Å². The van der Waals surface area contributed by atoms with Crippen LogP contribution < -0.4 is 0 Å². The second-order valence-electron chi connectivity index (χ2n) is 4.35. The Morgan fingerprint density at radius 1 is 1.27 bits per heavy atom. The third-order valence-electron chi connectivity index (χ3n) is 3.39. The molecule has 1 aliphatic heterocycles. The van der Waals surface area contributed by atoms with Gasteiger partial charge in [-0.1, -0.05) is 18.2 Å². The van der Waals surface area contributed by atoms with Crippen LogP contribution in [0.4, 0.5) is 0 Å². The molecule has 2 aliphatic rings. The van der Waals surface area contributed by atoms with Crippen molar-refractivity contribution in [1.82, 2.24) is 4.98 Å². The van der Waals surface area contributed by atoms with Gasteiger partial charge in [-0.3, -0.25) is 4.98 Å². The fourth-order valence-electron chi connectivity index (χ4n) is 2.53. The summed E-state index contributed by atoms with van der Waals surface area (Å²) in [7, 11) is 0. The Balaban J connectivity index is 2.02. The summed E-state index contributed by atoms with van der Waals surface area (Å²) in [6.07, 6.45) is 3.05. The fourth-order valence-corrected chi connectivity index (χ4v) is 2.53. The van der Waals surface area contributed by atoms with Crippen LogP contribution in [0.2, 0.25) is 0 Å². The maximum atomic E-state index is 5.61. The van der Waals surface area contributed by atoms with Gasteiger partial charge in [0.05, 0.1) is 11.6 Å². The molecule has 0 spiro atoms. The highest BCUT2D eigenvalue weighted by atomic mass is 16.6. The van der Waals surface area contributed by atoms with E-state index in [0.717, 1.165) is 18.4 Å². The average Bonchev–Trinajstić information content (AvgIpc) is 3.06. The number of aromatic nitrogens is 1. The summed E-state index contributed by atoms with van der Waals surface area (Å²) in [6.45, 7) is 0. The number of nitrogens with zero attached hydrogens (tertiary/aromatic N) is 1. The topological polar surface area (TPSA) is 25.4 Å². The Kier molecular flexibility index (Phi) is 1.35. The minimum Gasteiger partial charge on any atom is -0.364 e. The van der Waals surface area contributed by atoms with Gasteiger partial charge < -0.3 is 4.74 Å². The first-order valence-electron chi connectivity index (χ1n) is 5.46. The van der Waals surface area contributed by atoms with Gasteiger partial charge in [0.1, 0.15) is 6.10 Å². The van der Waals surface area contributed by atoms with E-state index in [1.165, 1.54) is 16.6 Å². The number of para-hydroxylation sites is 1. The second-order valence-corrected chi connectivity index (χ2v) is 4.35. The van der Waals surface area contributed by atoms with E-state index in [1.54, 1.807) is 0 Å². The zero-order valence-electron chi connectivity index (χ0n) is 8.31. The van der Waals surface area contributed by atoms with Crippen LogP contribution in [-0.2, 0) is 11.2 Å². The van der Waals surface area contributed by atoms with Crippen LogP contribution in [0, 0.1) is 0 Å². The molecule has 2 heterocycles. The van der Waals surface area contributed by atoms with E-state index in [-0.39, 0.29) is 0 Å². The zero-order valence-corrected chi connectivity index (χ0v) is 8.31. The molecule has 2 nitrogen and oxygen atoms in total. The molecule has 0 radical (unpaired) electrons. The summed E-state index contributed by atoms with van der Waals surface area (Å²) in [5.41, 5.74) is 3.67. The van der Waals surface area contributed by atoms with Crippen molar-refractivity contribution in [1.29, 1.82) is 0 Å². The molecule has 2 aromatic rings. The smallest absolute Gasteiger partial charge is 0.111 e. The van der Waals surface area contributed by atoms with Crippen LogP contribution in [0.3, 0.4) is 0 Å². The van der Waals surface area contributed by atoms with Crippen molar-refractivity contribution in [2.24, 2.45) is 0 Å². The molecule has 15 heavy (non-hydrogen) atoms. The van der Waals surface area contributed by atoms with Gasteiger partial charge in [0.25, 0.3) is 0 Å². The molecule has 0 unspecified atom stereocenters. The number of ether oxygens (including phenoxy) is 1. The van der Waals surface area contributed by atoms with Crippen LogP contribution in [0.15, 0.2) is 30.3 Å². The Morgan fingerprint density at radius 2 is 2.20 bits per heavy atom. The second kappa shape index (κ2) is 2.58. The minimum absolute atomic E-state index is 0.353. The Hall–Kier alpha value is -1.41. The summed E-state index contributed by atoms with van der Waals surface area (Å²) < 4.78 is 5.61. The molecule has 2 atom stereocenters. The highest BCUT2D eigenvalue weighted by molar-refractivity contribution is 5.79. The standard InChI is InChI=1S/C13H11NO/c1-2-4-10-8(3-1)7-9-11(14-10)5-6-12-13(9)15-12/h1-4,7,12-13H,5-6H2/t12-,13+/m0/s1. The lowest BCUT2D eigenvalue weighted by Gasteiger charge is -2.11. The molecule has 4 rings (SSSR count). The summed E-state index contributed by atoms with van der Waals surface area (Å²) in [4.78, 5) is 4.71. The van der Waals surface area contributed by atoms with Crippen molar-refractivity contribution in [3.63, 3.8) is 0 Å². The largest absolute Gasteiger partial charge is 0.364 e. The number of epoxide rings is 1. The first-order chi connectivity index (χ1) is 7.42. The van der Waals surface area contributed by atoms with E-state index < -0.39 is 0 Å². The highest BCUT2D eigenvalue weighted by Gasteiger charge is 2.44. The highest BCUT2D eigenvalue weighted by Crippen LogP contribution is 2.46. The lowest BCUT2D eigenvalue weighted by Crippen LogP contribution is -2.06. The zero-order chi connectivity index (χ0) is 9.83. The summed E-state index contributed by atoms with van der Waals surface area (Å²) in [5.74, 6) is 0. The number of rotatable bonds is 0. The maximum Gasteiger partial charge on any atom is 0.111 e. The lowest BCUT2D eigenvalue weighted by molar-refractivity contribution is 0.373. The van der Waals surface area contributed by atoms with Crippen LogP contribution in [0.1, 0.15) is 23.8 Å². The fraction of sp³-hybridized carbons (Fsp3) is 0.308. The van der Waals surface area contributed by atoms with Gasteiger partial charge in [-0.05, 0) is 25.0 Å². The molecule has 0 bridgehead atoms. The number of hydrogen-bond donors (Lipinski definition) is 0. The van der Waals surface area contributed by atoms with E-state index in [1.807, 2.05) is 6.07 Å². The van der Waals surface area contributed by atoms with Crippen molar-refractivity contribution in [2.45, 2.75) is 25.0 Å². The van der Waals surface area contributed by atoms with Crippen LogP contribution in [-0.4, -0.2) is 11.1 Å². The molecule has 74 valence electrons. The first kappa shape index (κ1) is 7.83. The van der Waals surface area contributed by atoms with Crippen LogP contribution in [0.25, 0.3) is 10.9 Å². The predicted octanol–water partition coefficient (Wildman–Crippen LogP) is 2.62. The number of fused-ring (bicyclic) bond motifs is 4. The van der Waals surface area contributed by atoms with E-state index in [9.17, 15) is 0 Å². The molecule has 0 saturated carbocycles. The normalized spacial score (nSPS) is 27.2. The van der Waals surface area contributed by atoms with Gasteiger partial charge in [0.15, 0.2) is 0 Å². The molecule has 0 amide bonds. The lowest BCUT2D eigenvalue weighted by atomic mass is 9.95. The van der Waals surface area contributed by atoms with Gasteiger partial charge in [-0.15, -0.1) is 0 Å². The van der Waals surface area contributed by atoms with Crippen molar-refractivity contribution >= 4 is 10.9 Å². The maximum absolute atomic E-state index is 5.61. The molecular weight excluding hydrogens is 186 g/mol. The van der Waals surface area contributed by atoms with Gasteiger partial charge in [0, 0.05) is 16.6 Å². The number of hydrogen-bond acceptors (Lipinski definition) is 2. The van der Waals surface area contributed by atoms with Crippen LogP contribution in [0.5, 0.6) is 0 Å². The third kappa shape index (κ3) is 1.05. The summed E-state index contributed by atoms with van der Waals surface area (Å²) >= 11 is 0. The van der Waals surface area contributed by atoms with Gasteiger partial charge in [-0.25, -0.2) is 0 Å². The Bertz CT molecular complexity index is 549. The van der Waals surface area contributed by atoms with Gasteiger partial charge >= 0.3 is 0 Å². The summed E-state index contributed by atoms with van der Waals surface area (Å²) in [5, 5.41) is 1.23. The molecule has 1 saturated heterocycles. The molecule has 1 aliphatic carbocycles. The molecular formula is C13H11NO. The third-order valence-corrected chi connectivity index (χ3v) is 3.39. The minimum atomic E-state index is 0.353. The molecule has 2 heteroatoms. The van der Waals surface area contributed by atoms with Crippen molar-refractivity contribution < 1.29 is 4.74 Å². The average molecular weight is 197 g/mol. The number of aryl methyl sites for hydroxylation is 1. The summed E-state index contributed by atoms with van der Waals surface area (Å²) in [6, 6.07) is 10.6. The molecule has 1 aromatic carbocycles. The van der Waals surface area contributed by atoms with E-state index in [4.69, 9.17) is 9.72 Å². The predicted molar refractivity (Wildman–Crippen MR) is 57.7 cm³/mol. The van der Waals surface area contributed by atoms with Gasteiger partial charge in [0.2, 0.25) is 0 Å². The van der Waals surface area contributed by atoms with Gasteiger partial charge in [-0.2, -0.15) is 0 Å². The monoisotopic (exact) mass is 197 g/mol. The van der Waals surface area contributed by atoms with Crippen LogP contribution >= 0.6 is 0 Å². The first-order valence-corrected chi connectivity index (χ1v) is 5.46. The van der Waals surface area contributed by atoms with E-state index in [0.29, 0.717) is 12.2 Å². The number of benzene rings is 1. The molecule has 1 fully saturated rings. The van der Waals surface area contributed by atoms with Crippen molar-refractivity contribution in [3.05, 3.63) is 41.6 Å². The SMILES string of the molecule is c1ccc2nc3c(cc2c1)[C@H]1O[C@H]1CC3. The Labute approximate surface area is 87.9 Å². The Morgan fingerprint density at radius 3 is 3.20 bits per heavy atom. The molecule has 1 aromatic heterocycles. The molecule has 0 N–H and O–H groups in total. The van der Waals surface area contributed by atoms with Crippen molar-refractivity contribution in [2.75, 3.05) is 0 Å². The quantitative estimate of drug-likeness (QED) is 0.606. The van der Waals surface area contributed by atoms with E-state index >= 15 is 0 Å². The van der Waals surface area contributed by atoms with E-state index in [2.05, 4.69) is 24.3 Å².